The lowest BCUT2D eigenvalue weighted by Crippen LogP contribution is -2.25. The summed E-state index contributed by atoms with van der Waals surface area (Å²) >= 11 is 1.22. The van der Waals surface area contributed by atoms with E-state index in [4.69, 9.17) is 0 Å². The van der Waals surface area contributed by atoms with E-state index in [9.17, 15) is 13.2 Å². The van der Waals surface area contributed by atoms with Gasteiger partial charge in [0.25, 0.3) is 0 Å². The zero-order valence-electron chi connectivity index (χ0n) is 8.02. The van der Waals surface area contributed by atoms with Crippen LogP contribution in [0.4, 0.5) is 13.2 Å². The Kier molecular flexibility index (Phi) is 3.68. The van der Waals surface area contributed by atoms with Crippen LogP contribution in [0.1, 0.15) is 16.0 Å². The van der Waals surface area contributed by atoms with Crippen LogP contribution in [0.5, 0.6) is 0 Å². The molecule has 6 heteroatoms. The Balaban J connectivity index is 0.00000112. The van der Waals surface area contributed by atoms with Gasteiger partial charge in [-0.15, -0.1) is 23.7 Å². The van der Waals surface area contributed by atoms with Gasteiger partial charge < -0.3 is 5.32 Å². The van der Waals surface area contributed by atoms with Gasteiger partial charge in [0.2, 0.25) is 0 Å². The molecule has 1 aromatic rings. The molecule has 0 bridgehead atoms. The van der Waals surface area contributed by atoms with Gasteiger partial charge in [-0.3, -0.25) is 0 Å². The zero-order chi connectivity index (χ0) is 10.3. The third kappa shape index (κ3) is 2.29. The molecular formula is C9H11ClF3NS. The highest BCUT2D eigenvalue weighted by molar-refractivity contribution is 7.10. The summed E-state index contributed by atoms with van der Waals surface area (Å²) in [6.07, 6.45) is -2.95. The molecule has 1 aliphatic rings. The van der Waals surface area contributed by atoms with Crippen LogP contribution in [0.3, 0.4) is 0 Å². The number of likely N-dealkylation sites (N-methyl/N-ethyl adjacent to an activating group) is 1. The lowest BCUT2D eigenvalue weighted by atomic mass is 10.1. The van der Waals surface area contributed by atoms with E-state index in [1.807, 2.05) is 0 Å². The summed E-state index contributed by atoms with van der Waals surface area (Å²) in [5.41, 5.74) is 0.0668. The molecular weight excluding hydrogens is 247 g/mol. The van der Waals surface area contributed by atoms with E-state index in [1.165, 1.54) is 16.7 Å². The van der Waals surface area contributed by atoms with Crippen molar-refractivity contribution in [1.82, 2.24) is 5.32 Å². The van der Waals surface area contributed by atoms with Crippen LogP contribution in [-0.4, -0.2) is 13.1 Å². The van der Waals surface area contributed by atoms with Crippen LogP contribution in [0.2, 0.25) is 0 Å². The number of thiophene rings is 1. The first-order chi connectivity index (χ1) is 6.52. The van der Waals surface area contributed by atoms with Crippen molar-refractivity contribution in [1.29, 1.82) is 0 Å². The Hall–Kier alpha value is -0.260. The molecule has 0 saturated carbocycles. The van der Waals surface area contributed by atoms with Gasteiger partial charge in [-0.05, 0) is 25.5 Å². The lowest BCUT2D eigenvalue weighted by Gasteiger charge is -2.08. The van der Waals surface area contributed by atoms with E-state index >= 15 is 0 Å². The van der Waals surface area contributed by atoms with Crippen molar-refractivity contribution in [3.05, 3.63) is 21.4 Å². The van der Waals surface area contributed by atoms with Gasteiger partial charge in [0.1, 0.15) is 0 Å². The molecule has 0 saturated heterocycles. The van der Waals surface area contributed by atoms with Gasteiger partial charge in [0.15, 0.2) is 0 Å². The van der Waals surface area contributed by atoms with Crippen molar-refractivity contribution < 1.29 is 13.2 Å². The Morgan fingerprint density at radius 3 is 2.60 bits per heavy atom. The number of hydrogen-bond acceptors (Lipinski definition) is 2. The van der Waals surface area contributed by atoms with Crippen molar-refractivity contribution in [2.45, 2.75) is 25.1 Å². The third-order valence-electron chi connectivity index (χ3n) is 2.58. The van der Waals surface area contributed by atoms with Crippen LogP contribution >= 0.6 is 23.7 Å². The first kappa shape index (κ1) is 12.8. The SMILES string of the molecule is CN[C@H]1Cc2scc(C(F)(F)F)c2C1.Cl. The maximum absolute atomic E-state index is 12.5. The molecule has 0 aromatic carbocycles. The van der Waals surface area contributed by atoms with E-state index in [-0.39, 0.29) is 18.4 Å². The number of hydrogen-bond donors (Lipinski definition) is 1. The molecule has 1 nitrogen and oxygen atoms in total. The smallest absolute Gasteiger partial charge is 0.316 e. The summed E-state index contributed by atoms with van der Waals surface area (Å²) < 4.78 is 37.5. The number of rotatable bonds is 1. The molecule has 1 N–H and O–H groups in total. The minimum atomic E-state index is -4.19. The fraction of sp³-hybridized carbons (Fsp3) is 0.556. The van der Waals surface area contributed by atoms with Gasteiger partial charge in [0.05, 0.1) is 5.56 Å². The van der Waals surface area contributed by atoms with Gasteiger partial charge in [-0.2, -0.15) is 13.2 Å². The molecule has 0 amide bonds. The molecule has 0 radical (unpaired) electrons. The number of alkyl halides is 3. The second kappa shape index (κ2) is 4.31. The Morgan fingerprint density at radius 2 is 2.07 bits per heavy atom. The molecule has 1 atom stereocenters. The maximum atomic E-state index is 12.5. The van der Waals surface area contributed by atoms with E-state index in [0.29, 0.717) is 12.0 Å². The maximum Gasteiger partial charge on any atom is 0.417 e. The number of halogens is 4. The summed E-state index contributed by atoms with van der Waals surface area (Å²) in [7, 11) is 1.79. The Bertz CT molecular complexity index is 348. The first-order valence-electron chi connectivity index (χ1n) is 4.36. The average molecular weight is 258 g/mol. The van der Waals surface area contributed by atoms with Gasteiger partial charge in [-0.25, -0.2) is 0 Å². The standard InChI is InChI=1S/C9H10F3NS.ClH/c1-13-5-2-6-7(9(10,11)12)4-14-8(6)3-5;/h4-5,13H,2-3H2,1H3;1H/t5-;/m1./s1. The summed E-state index contributed by atoms with van der Waals surface area (Å²) in [5.74, 6) is 0. The molecule has 1 aromatic heterocycles. The number of nitrogens with one attached hydrogen (secondary N) is 1. The highest BCUT2D eigenvalue weighted by Gasteiger charge is 2.38. The van der Waals surface area contributed by atoms with Crippen LogP contribution in [0.25, 0.3) is 0 Å². The molecule has 0 aliphatic heterocycles. The minimum absolute atomic E-state index is 0. The van der Waals surface area contributed by atoms with Crippen molar-refractivity contribution >= 4 is 23.7 Å². The molecule has 0 unspecified atom stereocenters. The van der Waals surface area contributed by atoms with Crippen molar-refractivity contribution in [3.63, 3.8) is 0 Å². The average Bonchev–Trinajstić information content (AvgIpc) is 2.57. The predicted octanol–water partition coefficient (Wildman–Crippen LogP) is 2.88. The van der Waals surface area contributed by atoms with Crippen LogP contribution < -0.4 is 5.32 Å². The second-order valence-electron chi connectivity index (χ2n) is 3.44. The van der Waals surface area contributed by atoms with Crippen molar-refractivity contribution in [3.8, 4) is 0 Å². The summed E-state index contributed by atoms with van der Waals surface area (Å²) in [6.45, 7) is 0. The van der Waals surface area contributed by atoms with Gasteiger partial charge in [-0.1, -0.05) is 0 Å². The fourth-order valence-electron chi connectivity index (χ4n) is 1.80. The molecule has 1 heterocycles. The normalized spacial score (nSPS) is 19.9. The molecule has 86 valence electrons. The zero-order valence-corrected chi connectivity index (χ0v) is 9.65. The largest absolute Gasteiger partial charge is 0.417 e. The monoisotopic (exact) mass is 257 g/mol. The predicted molar refractivity (Wildman–Crippen MR) is 56.8 cm³/mol. The molecule has 15 heavy (non-hydrogen) atoms. The lowest BCUT2D eigenvalue weighted by molar-refractivity contribution is -0.137. The minimum Gasteiger partial charge on any atom is -0.316 e. The highest BCUT2D eigenvalue weighted by atomic mass is 35.5. The van der Waals surface area contributed by atoms with Crippen LogP contribution in [-0.2, 0) is 19.0 Å². The summed E-state index contributed by atoms with van der Waals surface area (Å²) in [5, 5.41) is 4.25. The van der Waals surface area contributed by atoms with Gasteiger partial charge >= 0.3 is 6.18 Å². The molecule has 0 fully saturated rings. The topological polar surface area (TPSA) is 12.0 Å². The Morgan fingerprint density at radius 1 is 1.40 bits per heavy atom. The van der Waals surface area contributed by atoms with E-state index in [1.54, 1.807) is 7.05 Å². The third-order valence-corrected chi connectivity index (χ3v) is 3.63. The van der Waals surface area contributed by atoms with Gasteiger partial charge in [0, 0.05) is 16.3 Å². The van der Waals surface area contributed by atoms with E-state index < -0.39 is 11.7 Å². The van der Waals surface area contributed by atoms with Crippen molar-refractivity contribution in [2.75, 3.05) is 7.05 Å². The number of fused-ring (bicyclic) bond motifs is 1. The van der Waals surface area contributed by atoms with Crippen LogP contribution in [0, 0.1) is 0 Å². The quantitative estimate of drug-likeness (QED) is 0.816. The summed E-state index contributed by atoms with van der Waals surface area (Å²) in [6, 6.07) is 0.179. The molecule has 2 rings (SSSR count). The Labute approximate surface area is 96.1 Å². The van der Waals surface area contributed by atoms with E-state index in [0.717, 1.165) is 11.3 Å². The van der Waals surface area contributed by atoms with E-state index in [2.05, 4.69) is 5.32 Å². The van der Waals surface area contributed by atoms with Crippen LogP contribution in [0.15, 0.2) is 5.38 Å². The molecule has 1 aliphatic carbocycles. The molecule has 0 spiro atoms. The fourth-order valence-corrected chi connectivity index (χ4v) is 2.97. The second-order valence-corrected chi connectivity index (χ2v) is 4.41. The summed E-state index contributed by atoms with van der Waals surface area (Å²) in [4.78, 5) is 0.886. The first-order valence-corrected chi connectivity index (χ1v) is 5.24. The highest BCUT2D eigenvalue weighted by Crippen LogP contribution is 2.40. The van der Waals surface area contributed by atoms with Crippen molar-refractivity contribution in [2.24, 2.45) is 0 Å².